The van der Waals surface area contributed by atoms with Crippen LogP contribution in [0.15, 0.2) is 41.1 Å². The van der Waals surface area contributed by atoms with Crippen molar-refractivity contribution in [2.45, 2.75) is 38.5 Å². The van der Waals surface area contributed by atoms with Crippen molar-refractivity contribution in [1.82, 2.24) is 4.98 Å². The van der Waals surface area contributed by atoms with Crippen LogP contribution in [-0.2, 0) is 9.53 Å². The molecule has 2 aromatic rings. The van der Waals surface area contributed by atoms with Crippen molar-refractivity contribution in [2.24, 2.45) is 0 Å². The Morgan fingerprint density at radius 2 is 2.05 bits per heavy atom. The molecule has 0 radical (unpaired) electrons. The summed E-state index contributed by atoms with van der Waals surface area (Å²) in [5, 5.41) is 0.702. The second-order valence-electron chi connectivity index (χ2n) is 5.07. The lowest BCUT2D eigenvalue weighted by Gasteiger charge is -2.20. The van der Waals surface area contributed by atoms with Crippen LogP contribution in [0.5, 0.6) is 0 Å². The molecule has 2 atom stereocenters. The third kappa shape index (κ3) is 4.10. The summed E-state index contributed by atoms with van der Waals surface area (Å²) in [5.74, 6) is -0.169. The molecule has 1 aromatic carbocycles. The summed E-state index contributed by atoms with van der Waals surface area (Å²) < 4.78 is 10.5. The maximum absolute atomic E-state index is 12.2. The average molecular weight is 322 g/mol. The summed E-state index contributed by atoms with van der Waals surface area (Å²) in [7, 11) is 0. The fourth-order valence-corrected chi connectivity index (χ4v) is 2.63. The minimum atomic E-state index is -0.490. The van der Waals surface area contributed by atoms with Gasteiger partial charge < -0.3 is 9.15 Å². The van der Waals surface area contributed by atoms with Gasteiger partial charge in [0.1, 0.15) is 12.2 Å². The first-order valence-corrected chi connectivity index (χ1v) is 7.85. The third-order valence-corrected chi connectivity index (χ3v) is 3.93. The van der Waals surface area contributed by atoms with Crippen LogP contribution in [0.4, 0.5) is 0 Å². The smallest absolute Gasteiger partial charge is 0.318 e. The summed E-state index contributed by atoms with van der Waals surface area (Å²) >= 11 is 5.94. The predicted molar refractivity (Wildman–Crippen MR) is 85.0 cm³/mol. The number of nitrogens with zero attached hydrogens (tertiary/aromatic N) is 1. The normalized spacial score (nSPS) is 13.6. The number of halogens is 1. The predicted octanol–water partition coefficient (Wildman–Crippen LogP) is 4.56. The van der Waals surface area contributed by atoms with Crippen molar-refractivity contribution in [3.8, 4) is 0 Å². The number of hydrogen-bond donors (Lipinski definition) is 0. The molecule has 0 amide bonds. The van der Waals surface area contributed by atoms with E-state index in [1.54, 1.807) is 13.1 Å². The quantitative estimate of drug-likeness (QED) is 0.701. The van der Waals surface area contributed by atoms with E-state index in [1.807, 2.05) is 24.3 Å². The van der Waals surface area contributed by atoms with Gasteiger partial charge in [-0.2, -0.15) is 0 Å². The zero-order valence-electron chi connectivity index (χ0n) is 12.8. The van der Waals surface area contributed by atoms with Gasteiger partial charge in [0.2, 0.25) is 5.89 Å². The van der Waals surface area contributed by atoms with E-state index >= 15 is 0 Å². The number of rotatable bonds is 7. The molecule has 0 saturated carbocycles. The van der Waals surface area contributed by atoms with Crippen molar-refractivity contribution < 1.29 is 13.9 Å². The maximum Gasteiger partial charge on any atom is 0.318 e. The molecule has 0 fully saturated rings. The van der Waals surface area contributed by atoms with E-state index in [2.05, 4.69) is 11.9 Å². The van der Waals surface area contributed by atoms with Crippen molar-refractivity contribution in [3.05, 3.63) is 53.2 Å². The van der Waals surface area contributed by atoms with Gasteiger partial charge in [0.25, 0.3) is 0 Å². The van der Waals surface area contributed by atoms with E-state index in [4.69, 9.17) is 20.8 Å². The molecular formula is C17H20ClNO3. The van der Waals surface area contributed by atoms with Crippen LogP contribution in [-0.4, -0.2) is 17.6 Å². The van der Waals surface area contributed by atoms with E-state index in [0.29, 0.717) is 23.9 Å². The van der Waals surface area contributed by atoms with E-state index in [9.17, 15) is 4.79 Å². The molecule has 0 saturated heterocycles. The molecule has 0 N–H and O–H groups in total. The van der Waals surface area contributed by atoms with Crippen LogP contribution in [0.2, 0.25) is 5.02 Å². The number of carbonyl (C=O) groups is 1. The Morgan fingerprint density at radius 3 is 2.59 bits per heavy atom. The highest BCUT2D eigenvalue weighted by molar-refractivity contribution is 6.30. The van der Waals surface area contributed by atoms with Crippen LogP contribution >= 0.6 is 11.6 Å². The monoisotopic (exact) mass is 321 g/mol. The first-order chi connectivity index (χ1) is 10.7. The van der Waals surface area contributed by atoms with Gasteiger partial charge in [-0.1, -0.05) is 30.7 Å². The first-order valence-electron chi connectivity index (χ1n) is 7.47. The van der Waals surface area contributed by atoms with Gasteiger partial charge in [-0.05, 0) is 43.4 Å². The summed E-state index contributed by atoms with van der Waals surface area (Å²) in [4.78, 5) is 16.4. The molecule has 0 spiro atoms. The lowest BCUT2D eigenvalue weighted by Crippen LogP contribution is -2.19. The lowest BCUT2D eigenvalue weighted by atomic mass is 9.87. The SMILES string of the molecule is CCOC(=O)C(CC(CC)c1ccc(Cl)cc1)c1ncco1. The van der Waals surface area contributed by atoms with Gasteiger partial charge in [0.15, 0.2) is 0 Å². The molecule has 2 unspecified atom stereocenters. The highest BCUT2D eigenvalue weighted by Crippen LogP contribution is 2.33. The Labute approximate surface area is 135 Å². The van der Waals surface area contributed by atoms with Crippen molar-refractivity contribution >= 4 is 17.6 Å². The number of carbonyl (C=O) groups excluding carboxylic acids is 1. The highest BCUT2D eigenvalue weighted by Gasteiger charge is 2.29. The number of ether oxygens (including phenoxy) is 1. The van der Waals surface area contributed by atoms with E-state index < -0.39 is 5.92 Å². The van der Waals surface area contributed by atoms with Crippen LogP contribution in [0.1, 0.15) is 50.0 Å². The number of esters is 1. The molecule has 1 heterocycles. The molecule has 4 nitrogen and oxygen atoms in total. The van der Waals surface area contributed by atoms with Gasteiger partial charge in [0.05, 0.1) is 12.8 Å². The summed E-state index contributed by atoms with van der Waals surface area (Å²) in [6.45, 7) is 4.23. The molecule has 2 rings (SSSR count). The number of hydrogen-bond acceptors (Lipinski definition) is 4. The number of oxazole rings is 1. The summed E-state index contributed by atoms with van der Waals surface area (Å²) in [5.41, 5.74) is 1.15. The second-order valence-corrected chi connectivity index (χ2v) is 5.50. The molecule has 0 aliphatic heterocycles. The second kappa shape index (κ2) is 7.99. The van der Waals surface area contributed by atoms with Gasteiger partial charge in [0, 0.05) is 5.02 Å². The Hall–Kier alpha value is -1.81. The summed E-state index contributed by atoms with van der Waals surface area (Å²) in [6.07, 6.45) is 4.52. The first kappa shape index (κ1) is 16.6. The molecule has 0 aliphatic rings. The van der Waals surface area contributed by atoms with Crippen molar-refractivity contribution in [1.29, 1.82) is 0 Å². The van der Waals surface area contributed by atoms with Crippen molar-refractivity contribution in [3.63, 3.8) is 0 Å². The Bertz CT molecular complexity index is 580. The zero-order valence-corrected chi connectivity index (χ0v) is 13.5. The standard InChI is InChI=1S/C17H20ClNO3/c1-3-12(13-5-7-14(18)8-6-13)11-15(17(20)21-4-2)16-19-9-10-22-16/h5-10,12,15H,3-4,11H2,1-2H3. The summed E-state index contributed by atoms with van der Waals surface area (Å²) in [6, 6.07) is 7.72. The maximum atomic E-state index is 12.2. The fraction of sp³-hybridized carbons (Fsp3) is 0.412. The van der Waals surface area contributed by atoms with E-state index in [-0.39, 0.29) is 11.9 Å². The molecule has 1 aromatic heterocycles. The largest absolute Gasteiger partial charge is 0.465 e. The minimum absolute atomic E-state index is 0.207. The van der Waals surface area contributed by atoms with E-state index in [1.165, 1.54) is 6.26 Å². The van der Waals surface area contributed by atoms with Gasteiger partial charge >= 0.3 is 5.97 Å². The minimum Gasteiger partial charge on any atom is -0.465 e. The fourth-order valence-electron chi connectivity index (χ4n) is 2.51. The number of aromatic nitrogens is 1. The molecular weight excluding hydrogens is 302 g/mol. The van der Waals surface area contributed by atoms with Crippen LogP contribution in [0, 0.1) is 0 Å². The topological polar surface area (TPSA) is 52.3 Å². The average Bonchev–Trinajstić information content (AvgIpc) is 3.04. The third-order valence-electron chi connectivity index (χ3n) is 3.68. The van der Waals surface area contributed by atoms with Crippen LogP contribution in [0.3, 0.4) is 0 Å². The molecule has 118 valence electrons. The lowest BCUT2D eigenvalue weighted by molar-refractivity contribution is -0.145. The Morgan fingerprint density at radius 1 is 1.32 bits per heavy atom. The molecule has 5 heteroatoms. The van der Waals surface area contributed by atoms with Crippen LogP contribution < -0.4 is 0 Å². The van der Waals surface area contributed by atoms with E-state index in [0.717, 1.165) is 12.0 Å². The van der Waals surface area contributed by atoms with Gasteiger partial charge in [-0.25, -0.2) is 4.98 Å². The molecule has 22 heavy (non-hydrogen) atoms. The van der Waals surface area contributed by atoms with Gasteiger partial charge in [-0.3, -0.25) is 4.79 Å². The highest BCUT2D eigenvalue weighted by atomic mass is 35.5. The Kier molecular flexibility index (Phi) is 6.01. The van der Waals surface area contributed by atoms with Gasteiger partial charge in [-0.15, -0.1) is 0 Å². The molecule has 0 bridgehead atoms. The zero-order chi connectivity index (χ0) is 15.9. The number of benzene rings is 1. The van der Waals surface area contributed by atoms with Crippen molar-refractivity contribution in [2.75, 3.05) is 6.61 Å². The molecule has 0 aliphatic carbocycles. The Balaban J connectivity index is 2.20. The van der Waals surface area contributed by atoms with Crippen LogP contribution in [0.25, 0.3) is 0 Å².